The Morgan fingerprint density at radius 1 is 1.48 bits per heavy atom. The standard InChI is InChI=1S/C13H17N5O3S2/c1-3-5-10-17-18-13(23-10)16-11(21)7(4-2)22-12-14-8(19)6-9(20)15-12/h6-7H,3-5H2,1-2H3,(H,16,18,21)(H2,14,15,19,20)/t7-/m1/s1. The summed E-state index contributed by atoms with van der Waals surface area (Å²) in [4.78, 5) is 29.9. The van der Waals surface area contributed by atoms with Gasteiger partial charge < -0.3 is 10.1 Å². The molecule has 0 saturated carbocycles. The number of aromatic nitrogens is 4. The number of aromatic amines is 1. The molecule has 0 fully saturated rings. The van der Waals surface area contributed by atoms with Gasteiger partial charge in [0.1, 0.15) is 5.01 Å². The molecule has 10 heteroatoms. The van der Waals surface area contributed by atoms with Gasteiger partial charge in [-0.1, -0.05) is 36.9 Å². The average molecular weight is 355 g/mol. The van der Waals surface area contributed by atoms with Gasteiger partial charge in [0.25, 0.3) is 5.56 Å². The lowest BCUT2D eigenvalue weighted by Gasteiger charge is -2.12. The minimum absolute atomic E-state index is 0.195. The first-order valence-corrected chi connectivity index (χ1v) is 8.81. The summed E-state index contributed by atoms with van der Waals surface area (Å²) >= 11 is 2.43. The van der Waals surface area contributed by atoms with Gasteiger partial charge in [0, 0.05) is 6.42 Å². The molecule has 3 N–H and O–H groups in total. The Labute approximate surface area is 140 Å². The van der Waals surface area contributed by atoms with E-state index in [-0.39, 0.29) is 16.9 Å². The SMILES string of the molecule is CCCc1nnc(NC(=O)[C@@H](CC)Sc2nc(O)cc(=O)[nH]2)s1. The van der Waals surface area contributed by atoms with Crippen LogP contribution in [-0.4, -0.2) is 36.4 Å². The molecule has 2 aromatic rings. The van der Waals surface area contributed by atoms with Crippen molar-refractivity contribution in [3.8, 4) is 5.88 Å². The zero-order valence-corrected chi connectivity index (χ0v) is 14.3. The van der Waals surface area contributed by atoms with E-state index in [0.717, 1.165) is 35.7 Å². The first kappa shape index (κ1) is 17.4. The van der Waals surface area contributed by atoms with Crippen molar-refractivity contribution in [2.45, 2.75) is 43.5 Å². The fraction of sp³-hybridized carbons (Fsp3) is 0.462. The minimum Gasteiger partial charge on any atom is -0.493 e. The van der Waals surface area contributed by atoms with E-state index in [1.54, 1.807) is 0 Å². The Morgan fingerprint density at radius 3 is 2.91 bits per heavy atom. The molecule has 0 aliphatic rings. The number of hydrogen-bond donors (Lipinski definition) is 3. The Hall–Kier alpha value is -1.94. The Bertz CT molecular complexity index is 730. The second-order valence-electron chi connectivity index (χ2n) is 4.66. The van der Waals surface area contributed by atoms with Crippen LogP contribution in [0.4, 0.5) is 5.13 Å². The van der Waals surface area contributed by atoms with Crippen LogP contribution in [0.3, 0.4) is 0 Å². The monoisotopic (exact) mass is 355 g/mol. The molecule has 2 aromatic heterocycles. The number of anilines is 1. The predicted molar refractivity (Wildman–Crippen MR) is 89.0 cm³/mol. The maximum atomic E-state index is 12.3. The molecule has 0 unspecified atom stereocenters. The fourth-order valence-electron chi connectivity index (χ4n) is 1.74. The lowest BCUT2D eigenvalue weighted by atomic mass is 10.3. The van der Waals surface area contributed by atoms with Gasteiger partial charge in [-0.25, -0.2) is 0 Å². The van der Waals surface area contributed by atoms with Gasteiger partial charge in [-0.15, -0.1) is 10.2 Å². The van der Waals surface area contributed by atoms with Crippen molar-refractivity contribution in [2.75, 3.05) is 5.32 Å². The summed E-state index contributed by atoms with van der Waals surface area (Å²) in [6.45, 7) is 3.90. The lowest BCUT2D eigenvalue weighted by molar-refractivity contribution is -0.115. The van der Waals surface area contributed by atoms with E-state index in [1.807, 2.05) is 13.8 Å². The number of carbonyl (C=O) groups is 1. The van der Waals surface area contributed by atoms with Crippen LogP contribution in [-0.2, 0) is 11.2 Å². The molecular weight excluding hydrogens is 338 g/mol. The molecule has 0 radical (unpaired) electrons. The number of aryl methyl sites for hydroxylation is 1. The summed E-state index contributed by atoms with van der Waals surface area (Å²) in [7, 11) is 0. The van der Waals surface area contributed by atoms with Gasteiger partial charge in [0.05, 0.1) is 11.3 Å². The van der Waals surface area contributed by atoms with Crippen molar-refractivity contribution in [1.82, 2.24) is 20.2 Å². The number of aromatic hydroxyl groups is 1. The van der Waals surface area contributed by atoms with E-state index in [4.69, 9.17) is 0 Å². The quantitative estimate of drug-likeness (QED) is 0.511. The maximum Gasteiger partial charge on any atom is 0.255 e. The van der Waals surface area contributed by atoms with Gasteiger partial charge >= 0.3 is 0 Å². The number of rotatable bonds is 7. The largest absolute Gasteiger partial charge is 0.493 e. The second kappa shape index (κ2) is 8.06. The van der Waals surface area contributed by atoms with Gasteiger partial charge in [-0.05, 0) is 12.8 Å². The summed E-state index contributed by atoms with van der Waals surface area (Å²) in [5.74, 6) is -0.623. The molecule has 2 rings (SSSR count). The van der Waals surface area contributed by atoms with Gasteiger partial charge in [0.15, 0.2) is 5.16 Å². The number of thioether (sulfide) groups is 1. The highest BCUT2D eigenvalue weighted by Crippen LogP contribution is 2.24. The molecule has 8 nitrogen and oxygen atoms in total. The molecular formula is C13H17N5O3S2. The number of nitrogens with one attached hydrogen (secondary N) is 2. The van der Waals surface area contributed by atoms with Crippen LogP contribution in [0.1, 0.15) is 31.7 Å². The smallest absolute Gasteiger partial charge is 0.255 e. The number of amides is 1. The summed E-state index contributed by atoms with van der Waals surface area (Å²) in [6.07, 6.45) is 2.32. The normalized spacial score (nSPS) is 12.1. The molecule has 0 spiro atoms. The van der Waals surface area contributed by atoms with E-state index in [0.29, 0.717) is 11.6 Å². The van der Waals surface area contributed by atoms with Crippen molar-refractivity contribution in [3.63, 3.8) is 0 Å². The van der Waals surface area contributed by atoms with Crippen molar-refractivity contribution in [1.29, 1.82) is 0 Å². The van der Waals surface area contributed by atoms with E-state index >= 15 is 0 Å². The third-order valence-corrected chi connectivity index (χ3v) is 4.93. The highest BCUT2D eigenvalue weighted by atomic mass is 32.2. The van der Waals surface area contributed by atoms with Crippen LogP contribution in [0.25, 0.3) is 0 Å². The van der Waals surface area contributed by atoms with Crippen LogP contribution >= 0.6 is 23.1 Å². The van der Waals surface area contributed by atoms with Crippen LogP contribution in [0, 0.1) is 0 Å². The molecule has 1 atom stereocenters. The van der Waals surface area contributed by atoms with Gasteiger partial charge in [-0.3, -0.25) is 14.9 Å². The fourth-order valence-corrected chi connectivity index (χ4v) is 3.49. The first-order valence-electron chi connectivity index (χ1n) is 7.12. The molecule has 1 amide bonds. The molecule has 0 aromatic carbocycles. The maximum absolute atomic E-state index is 12.3. The van der Waals surface area contributed by atoms with Crippen LogP contribution in [0.15, 0.2) is 16.0 Å². The van der Waals surface area contributed by atoms with Crippen molar-refractivity contribution >= 4 is 34.1 Å². The van der Waals surface area contributed by atoms with Crippen LogP contribution < -0.4 is 10.9 Å². The Morgan fingerprint density at radius 2 is 2.26 bits per heavy atom. The van der Waals surface area contributed by atoms with Gasteiger partial charge in [0.2, 0.25) is 16.9 Å². The minimum atomic E-state index is -0.474. The number of H-pyrrole nitrogens is 1. The van der Waals surface area contributed by atoms with Crippen LogP contribution in [0.5, 0.6) is 5.88 Å². The highest BCUT2D eigenvalue weighted by molar-refractivity contribution is 8.00. The lowest BCUT2D eigenvalue weighted by Crippen LogP contribution is -2.25. The first-order chi connectivity index (χ1) is 11.0. The summed E-state index contributed by atoms with van der Waals surface area (Å²) in [5, 5.41) is 21.1. The van der Waals surface area contributed by atoms with Crippen molar-refractivity contribution in [3.05, 3.63) is 21.4 Å². The van der Waals surface area contributed by atoms with Crippen molar-refractivity contribution in [2.24, 2.45) is 0 Å². The molecule has 0 bridgehead atoms. The second-order valence-corrected chi connectivity index (χ2v) is 6.92. The topological polar surface area (TPSA) is 121 Å². The number of nitrogens with zero attached hydrogens (tertiary/aromatic N) is 3. The van der Waals surface area contributed by atoms with E-state index in [9.17, 15) is 14.7 Å². The molecule has 23 heavy (non-hydrogen) atoms. The molecule has 0 aliphatic carbocycles. The Kier molecular flexibility index (Phi) is 6.11. The molecule has 0 aliphatic heterocycles. The molecule has 0 saturated heterocycles. The third-order valence-electron chi connectivity index (χ3n) is 2.78. The zero-order valence-electron chi connectivity index (χ0n) is 12.7. The number of hydrogen-bond acceptors (Lipinski definition) is 8. The van der Waals surface area contributed by atoms with Gasteiger partial charge in [-0.2, -0.15) is 4.98 Å². The predicted octanol–water partition coefficient (Wildman–Crippen LogP) is 1.79. The number of carbonyl (C=O) groups excluding carboxylic acids is 1. The summed E-state index contributed by atoms with van der Waals surface area (Å²) in [5.41, 5.74) is -0.469. The molecule has 124 valence electrons. The third kappa shape index (κ3) is 5.03. The summed E-state index contributed by atoms with van der Waals surface area (Å²) < 4.78 is 0. The van der Waals surface area contributed by atoms with E-state index < -0.39 is 10.8 Å². The van der Waals surface area contributed by atoms with Crippen molar-refractivity contribution < 1.29 is 9.90 Å². The van der Waals surface area contributed by atoms with Crippen LogP contribution in [0.2, 0.25) is 0 Å². The molecule has 2 heterocycles. The average Bonchev–Trinajstić information content (AvgIpc) is 2.91. The Balaban J connectivity index is 2.04. The van der Waals surface area contributed by atoms with E-state index in [1.165, 1.54) is 11.3 Å². The summed E-state index contributed by atoms with van der Waals surface area (Å²) in [6, 6.07) is 0.974. The highest BCUT2D eigenvalue weighted by Gasteiger charge is 2.21. The van der Waals surface area contributed by atoms with E-state index in [2.05, 4.69) is 25.5 Å². The zero-order chi connectivity index (χ0) is 16.8.